The van der Waals surface area contributed by atoms with Gasteiger partial charge in [-0.3, -0.25) is 0 Å². The molecule has 0 saturated carbocycles. The number of hydrogen-bond acceptors (Lipinski definition) is 2. The molecule has 1 aromatic rings. The Morgan fingerprint density at radius 3 is 2.60 bits per heavy atom. The van der Waals surface area contributed by atoms with Gasteiger partial charge in [-0.2, -0.15) is 0 Å². The van der Waals surface area contributed by atoms with E-state index in [1.165, 1.54) is 5.56 Å². The van der Waals surface area contributed by atoms with E-state index in [2.05, 4.69) is 24.1 Å². The summed E-state index contributed by atoms with van der Waals surface area (Å²) in [4.78, 5) is 2.28. The van der Waals surface area contributed by atoms with Crippen LogP contribution < -0.4 is 0 Å². The molecule has 1 aliphatic rings. The lowest BCUT2D eigenvalue weighted by atomic mass is 9.88. The van der Waals surface area contributed by atoms with Crippen LogP contribution >= 0.6 is 12.4 Å². The van der Waals surface area contributed by atoms with E-state index in [1.54, 1.807) is 0 Å². The number of hydrogen-bond donors (Lipinski definition) is 1. The number of likely N-dealkylation sites (N-methyl/N-ethyl adjacent to an activating group) is 1. The molecule has 0 radical (unpaired) electrons. The van der Waals surface area contributed by atoms with Gasteiger partial charge in [-0.1, -0.05) is 30.3 Å². The first-order valence-electron chi connectivity index (χ1n) is 5.19. The molecule has 0 amide bonds. The Morgan fingerprint density at radius 1 is 1.27 bits per heavy atom. The minimum Gasteiger partial charge on any atom is -0.392 e. The molecule has 1 N–H and O–H groups in total. The standard InChI is InChI=1S/C12H17NO.ClH/c1-13-8-7-12(14)11(9-13)10-5-3-2-4-6-10;/h2-6,11-12,14H,7-9H2,1H3;1H. The summed E-state index contributed by atoms with van der Waals surface area (Å²) in [6, 6.07) is 10.3. The molecule has 2 unspecified atom stereocenters. The van der Waals surface area contributed by atoms with Crippen molar-refractivity contribution < 1.29 is 5.11 Å². The first kappa shape index (κ1) is 12.5. The maximum absolute atomic E-state index is 9.91. The number of aliphatic hydroxyl groups is 1. The average molecular weight is 228 g/mol. The first-order chi connectivity index (χ1) is 6.77. The van der Waals surface area contributed by atoms with Crippen LogP contribution in [0.15, 0.2) is 30.3 Å². The van der Waals surface area contributed by atoms with Crippen LogP contribution in [-0.2, 0) is 0 Å². The molecular formula is C12H18ClNO. The number of nitrogens with zero attached hydrogens (tertiary/aromatic N) is 1. The fourth-order valence-corrected chi connectivity index (χ4v) is 2.13. The Labute approximate surface area is 97.3 Å². The highest BCUT2D eigenvalue weighted by Gasteiger charge is 2.26. The van der Waals surface area contributed by atoms with Gasteiger partial charge in [-0.25, -0.2) is 0 Å². The summed E-state index contributed by atoms with van der Waals surface area (Å²) in [5, 5.41) is 9.91. The lowest BCUT2D eigenvalue weighted by Crippen LogP contribution is -2.39. The predicted octanol–water partition coefficient (Wildman–Crippen LogP) is 1.89. The Hall–Kier alpha value is -0.570. The van der Waals surface area contributed by atoms with Crippen LogP contribution in [0, 0.1) is 0 Å². The molecule has 1 saturated heterocycles. The van der Waals surface area contributed by atoms with Crippen molar-refractivity contribution in [1.82, 2.24) is 4.90 Å². The van der Waals surface area contributed by atoms with Gasteiger partial charge < -0.3 is 10.0 Å². The number of piperidine rings is 1. The maximum atomic E-state index is 9.91. The summed E-state index contributed by atoms with van der Waals surface area (Å²) in [7, 11) is 2.11. The summed E-state index contributed by atoms with van der Waals surface area (Å²) in [6.45, 7) is 1.97. The molecule has 0 spiro atoms. The molecule has 2 nitrogen and oxygen atoms in total. The summed E-state index contributed by atoms with van der Waals surface area (Å²) in [6.07, 6.45) is 0.712. The SMILES string of the molecule is CN1CCC(O)C(c2ccccc2)C1.Cl. The zero-order valence-corrected chi connectivity index (χ0v) is 9.78. The second-order valence-corrected chi connectivity index (χ2v) is 4.14. The zero-order valence-electron chi connectivity index (χ0n) is 8.97. The van der Waals surface area contributed by atoms with Crippen LogP contribution in [0.5, 0.6) is 0 Å². The Morgan fingerprint density at radius 2 is 1.93 bits per heavy atom. The van der Waals surface area contributed by atoms with Crippen molar-refractivity contribution in [3.05, 3.63) is 35.9 Å². The van der Waals surface area contributed by atoms with E-state index in [9.17, 15) is 5.11 Å². The Kier molecular flexibility index (Phi) is 4.58. The van der Waals surface area contributed by atoms with Crippen LogP contribution in [0.3, 0.4) is 0 Å². The quantitative estimate of drug-likeness (QED) is 0.792. The van der Waals surface area contributed by atoms with Gasteiger partial charge in [0.2, 0.25) is 0 Å². The minimum absolute atomic E-state index is 0. The molecule has 1 heterocycles. The minimum atomic E-state index is -0.173. The van der Waals surface area contributed by atoms with E-state index < -0.39 is 0 Å². The zero-order chi connectivity index (χ0) is 9.97. The lowest BCUT2D eigenvalue weighted by molar-refractivity contribution is 0.0709. The highest BCUT2D eigenvalue weighted by atomic mass is 35.5. The number of benzene rings is 1. The molecule has 2 atom stereocenters. The molecule has 84 valence electrons. The van der Waals surface area contributed by atoms with Crippen molar-refractivity contribution in [3.63, 3.8) is 0 Å². The lowest BCUT2D eigenvalue weighted by Gasteiger charge is -2.34. The highest BCUT2D eigenvalue weighted by molar-refractivity contribution is 5.85. The largest absolute Gasteiger partial charge is 0.392 e. The predicted molar refractivity (Wildman–Crippen MR) is 64.6 cm³/mol. The molecule has 0 aliphatic carbocycles. The smallest absolute Gasteiger partial charge is 0.0633 e. The Balaban J connectivity index is 0.00000112. The van der Waals surface area contributed by atoms with Gasteiger partial charge in [0.1, 0.15) is 0 Å². The van der Waals surface area contributed by atoms with Gasteiger partial charge in [-0.05, 0) is 19.0 Å². The first-order valence-corrected chi connectivity index (χ1v) is 5.19. The van der Waals surface area contributed by atoms with E-state index in [0.717, 1.165) is 19.5 Å². The molecule has 2 rings (SSSR count). The van der Waals surface area contributed by atoms with Crippen molar-refractivity contribution in [2.75, 3.05) is 20.1 Å². The molecule has 0 bridgehead atoms. The van der Waals surface area contributed by atoms with E-state index in [4.69, 9.17) is 0 Å². The summed E-state index contributed by atoms with van der Waals surface area (Å²) in [5.41, 5.74) is 1.26. The van der Waals surface area contributed by atoms with Crippen LogP contribution in [0.25, 0.3) is 0 Å². The molecule has 15 heavy (non-hydrogen) atoms. The summed E-state index contributed by atoms with van der Waals surface area (Å²) < 4.78 is 0. The van der Waals surface area contributed by atoms with Crippen molar-refractivity contribution >= 4 is 12.4 Å². The molecule has 3 heteroatoms. The number of likely N-dealkylation sites (tertiary alicyclic amines) is 1. The van der Waals surface area contributed by atoms with Crippen LogP contribution in [0.1, 0.15) is 17.9 Å². The Bertz CT molecular complexity index is 291. The molecular weight excluding hydrogens is 210 g/mol. The number of aliphatic hydroxyl groups excluding tert-OH is 1. The van der Waals surface area contributed by atoms with Crippen molar-refractivity contribution in [1.29, 1.82) is 0 Å². The van der Waals surface area contributed by atoms with Crippen LogP contribution in [0.4, 0.5) is 0 Å². The van der Waals surface area contributed by atoms with E-state index >= 15 is 0 Å². The van der Waals surface area contributed by atoms with Crippen LogP contribution in [0.2, 0.25) is 0 Å². The van der Waals surface area contributed by atoms with E-state index in [1.807, 2.05) is 18.2 Å². The van der Waals surface area contributed by atoms with Crippen molar-refractivity contribution in [2.24, 2.45) is 0 Å². The number of rotatable bonds is 1. The van der Waals surface area contributed by atoms with Crippen molar-refractivity contribution in [2.45, 2.75) is 18.4 Å². The summed E-state index contributed by atoms with van der Waals surface area (Å²) in [5.74, 6) is 0.287. The fourth-order valence-electron chi connectivity index (χ4n) is 2.13. The third-order valence-corrected chi connectivity index (χ3v) is 3.01. The number of halogens is 1. The normalized spacial score (nSPS) is 27.1. The fraction of sp³-hybridized carbons (Fsp3) is 0.500. The maximum Gasteiger partial charge on any atom is 0.0633 e. The second-order valence-electron chi connectivity index (χ2n) is 4.14. The molecule has 1 fully saturated rings. The van der Waals surface area contributed by atoms with Gasteiger partial charge in [0.15, 0.2) is 0 Å². The molecule has 1 aliphatic heterocycles. The van der Waals surface area contributed by atoms with Gasteiger partial charge in [0.25, 0.3) is 0 Å². The van der Waals surface area contributed by atoms with Crippen molar-refractivity contribution in [3.8, 4) is 0 Å². The molecule has 1 aromatic carbocycles. The van der Waals surface area contributed by atoms with Gasteiger partial charge in [0.05, 0.1) is 6.10 Å². The monoisotopic (exact) mass is 227 g/mol. The van der Waals surface area contributed by atoms with Gasteiger partial charge in [-0.15, -0.1) is 12.4 Å². The topological polar surface area (TPSA) is 23.5 Å². The molecule has 0 aromatic heterocycles. The van der Waals surface area contributed by atoms with Gasteiger partial charge >= 0.3 is 0 Å². The van der Waals surface area contributed by atoms with E-state index in [0.29, 0.717) is 0 Å². The third kappa shape index (κ3) is 2.94. The van der Waals surface area contributed by atoms with Crippen LogP contribution in [-0.4, -0.2) is 36.2 Å². The average Bonchev–Trinajstić information content (AvgIpc) is 2.23. The highest BCUT2D eigenvalue weighted by Crippen LogP contribution is 2.26. The van der Waals surface area contributed by atoms with Gasteiger partial charge in [0, 0.05) is 19.0 Å². The second kappa shape index (κ2) is 5.50. The third-order valence-electron chi connectivity index (χ3n) is 3.01. The summed E-state index contributed by atoms with van der Waals surface area (Å²) >= 11 is 0. The van der Waals surface area contributed by atoms with E-state index in [-0.39, 0.29) is 24.4 Å².